The summed E-state index contributed by atoms with van der Waals surface area (Å²) >= 11 is 4.88. The molecule has 0 saturated heterocycles. The molecule has 0 radical (unpaired) electrons. The molecule has 0 aliphatic rings. The van der Waals surface area contributed by atoms with Crippen LogP contribution < -0.4 is 5.73 Å². The van der Waals surface area contributed by atoms with Crippen LogP contribution in [0.3, 0.4) is 0 Å². The Labute approximate surface area is 115 Å². The predicted octanol–water partition coefficient (Wildman–Crippen LogP) is 2.67. The van der Waals surface area contributed by atoms with Crippen molar-refractivity contribution in [2.45, 2.75) is 39.7 Å². The second-order valence-corrected chi connectivity index (χ2v) is 5.09. The van der Waals surface area contributed by atoms with Crippen LogP contribution >= 0.6 is 12.2 Å². The zero-order valence-electron chi connectivity index (χ0n) is 11.4. The van der Waals surface area contributed by atoms with Crippen LogP contribution in [0, 0.1) is 6.92 Å². The number of thiocarbonyl (C=S) groups is 1. The molecule has 1 aromatic heterocycles. The van der Waals surface area contributed by atoms with Gasteiger partial charge >= 0.3 is 0 Å². The van der Waals surface area contributed by atoms with Crippen LogP contribution in [0.4, 0.5) is 0 Å². The molecule has 3 nitrogen and oxygen atoms in total. The van der Waals surface area contributed by atoms with E-state index in [1.807, 2.05) is 13.0 Å². The molecule has 0 unspecified atom stereocenters. The number of rotatable bonds is 8. The van der Waals surface area contributed by atoms with Crippen molar-refractivity contribution in [1.82, 2.24) is 9.88 Å². The van der Waals surface area contributed by atoms with Crippen LogP contribution in [-0.2, 0) is 6.54 Å². The van der Waals surface area contributed by atoms with Gasteiger partial charge < -0.3 is 5.73 Å². The van der Waals surface area contributed by atoms with Gasteiger partial charge in [0.15, 0.2) is 0 Å². The summed E-state index contributed by atoms with van der Waals surface area (Å²) in [5.74, 6) is 0. The van der Waals surface area contributed by atoms with Gasteiger partial charge in [-0.25, -0.2) is 0 Å². The lowest BCUT2D eigenvalue weighted by Gasteiger charge is -2.19. The monoisotopic (exact) mass is 265 g/mol. The van der Waals surface area contributed by atoms with Crippen molar-refractivity contribution in [2.75, 3.05) is 13.1 Å². The molecule has 100 valence electrons. The molecular formula is C14H23N3S. The van der Waals surface area contributed by atoms with Crippen molar-refractivity contribution >= 4 is 17.2 Å². The summed E-state index contributed by atoms with van der Waals surface area (Å²) in [5.41, 5.74) is 7.72. The molecule has 0 bridgehead atoms. The summed E-state index contributed by atoms with van der Waals surface area (Å²) in [6.45, 7) is 7.26. The molecule has 0 aromatic carbocycles. The van der Waals surface area contributed by atoms with Crippen LogP contribution in [0.2, 0.25) is 0 Å². The van der Waals surface area contributed by atoms with E-state index in [1.54, 1.807) is 0 Å². The van der Waals surface area contributed by atoms with E-state index in [0.717, 1.165) is 50.3 Å². The molecular weight excluding hydrogens is 242 g/mol. The second-order valence-electron chi connectivity index (χ2n) is 4.56. The highest BCUT2D eigenvalue weighted by Crippen LogP contribution is 2.05. The smallest absolute Gasteiger partial charge is 0.0727 e. The number of aryl methyl sites for hydroxylation is 1. The summed E-state index contributed by atoms with van der Waals surface area (Å²) in [6.07, 6.45) is 3.07. The van der Waals surface area contributed by atoms with Gasteiger partial charge in [-0.2, -0.15) is 0 Å². The Bertz CT molecular complexity index is 379. The Hall–Kier alpha value is -1.00. The molecule has 0 fully saturated rings. The molecule has 0 amide bonds. The van der Waals surface area contributed by atoms with Crippen molar-refractivity contribution < 1.29 is 0 Å². The Morgan fingerprint density at radius 1 is 1.39 bits per heavy atom. The number of hydrogen-bond acceptors (Lipinski definition) is 3. The third kappa shape index (κ3) is 6.07. The zero-order valence-corrected chi connectivity index (χ0v) is 12.2. The van der Waals surface area contributed by atoms with Crippen LogP contribution in [0.1, 0.15) is 37.6 Å². The topological polar surface area (TPSA) is 42.1 Å². The van der Waals surface area contributed by atoms with E-state index in [2.05, 4.69) is 28.9 Å². The predicted molar refractivity (Wildman–Crippen MR) is 80.6 cm³/mol. The van der Waals surface area contributed by atoms with Gasteiger partial charge in [-0.1, -0.05) is 25.2 Å². The molecule has 0 aliphatic heterocycles. The summed E-state index contributed by atoms with van der Waals surface area (Å²) in [6, 6.07) is 6.19. The highest BCUT2D eigenvalue weighted by Gasteiger charge is 2.04. The molecule has 0 saturated carbocycles. The fourth-order valence-corrected chi connectivity index (χ4v) is 2.04. The fraction of sp³-hybridized carbons (Fsp3) is 0.571. The zero-order chi connectivity index (χ0) is 13.4. The third-order valence-electron chi connectivity index (χ3n) is 2.93. The highest BCUT2D eigenvalue weighted by molar-refractivity contribution is 7.80. The maximum atomic E-state index is 5.49. The van der Waals surface area contributed by atoms with Crippen molar-refractivity contribution in [3.05, 3.63) is 29.6 Å². The minimum atomic E-state index is 0.624. The lowest BCUT2D eigenvalue weighted by molar-refractivity contribution is 0.271. The number of hydrogen-bond donors (Lipinski definition) is 1. The summed E-state index contributed by atoms with van der Waals surface area (Å²) in [7, 11) is 0. The van der Waals surface area contributed by atoms with Gasteiger partial charge in [-0.15, -0.1) is 0 Å². The van der Waals surface area contributed by atoms with Crippen LogP contribution in [0.25, 0.3) is 0 Å². The van der Waals surface area contributed by atoms with E-state index >= 15 is 0 Å². The maximum Gasteiger partial charge on any atom is 0.0727 e. The summed E-state index contributed by atoms with van der Waals surface area (Å²) < 4.78 is 0. The Morgan fingerprint density at radius 3 is 2.78 bits per heavy atom. The minimum absolute atomic E-state index is 0.624. The van der Waals surface area contributed by atoms with Gasteiger partial charge in [0.05, 0.1) is 10.7 Å². The molecule has 18 heavy (non-hydrogen) atoms. The first-order valence-corrected chi connectivity index (χ1v) is 6.96. The van der Waals surface area contributed by atoms with Crippen LogP contribution in [-0.4, -0.2) is 28.0 Å². The highest BCUT2D eigenvalue weighted by atomic mass is 32.1. The van der Waals surface area contributed by atoms with Crippen molar-refractivity contribution in [3.8, 4) is 0 Å². The second kappa shape index (κ2) is 8.16. The van der Waals surface area contributed by atoms with Gasteiger partial charge in [0.1, 0.15) is 0 Å². The quantitative estimate of drug-likeness (QED) is 0.579. The molecule has 0 aliphatic carbocycles. The van der Waals surface area contributed by atoms with E-state index in [0.29, 0.717) is 4.99 Å². The van der Waals surface area contributed by atoms with Gasteiger partial charge in [-0.05, 0) is 51.4 Å². The molecule has 1 heterocycles. The van der Waals surface area contributed by atoms with E-state index in [4.69, 9.17) is 18.0 Å². The lowest BCUT2D eigenvalue weighted by Crippen LogP contribution is -2.24. The molecule has 1 aromatic rings. The molecule has 1 rings (SSSR count). The first-order chi connectivity index (χ1) is 8.61. The molecule has 0 spiro atoms. The van der Waals surface area contributed by atoms with E-state index in [1.165, 1.54) is 0 Å². The number of unbranched alkanes of at least 4 members (excludes halogenated alkanes) is 1. The van der Waals surface area contributed by atoms with Gasteiger partial charge in [0.25, 0.3) is 0 Å². The number of nitrogens with zero attached hydrogens (tertiary/aromatic N) is 2. The standard InChI is InChI=1S/C14H23N3S/c1-3-17(10-5-4-9-14(15)18)11-13-8-6-7-12(2)16-13/h6-8H,3-5,9-11H2,1-2H3,(H2,15,18). The number of pyridine rings is 1. The van der Waals surface area contributed by atoms with Crippen molar-refractivity contribution in [1.29, 1.82) is 0 Å². The Balaban J connectivity index is 2.35. The Morgan fingerprint density at radius 2 is 2.17 bits per heavy atom. The van der Waals surface area contributed by atoms with Gasteiger partial charge in [0, 0.05) is 12.2 Å². The average molecular weight is 265 g/mol. The lowest BCUT2D eigenvalue weighted by atomic mass is 10.2. The first-order valence-electron chi connectivity index (χ1n) is 6.55. The minimum Gasteiger partial charge on any atom is -0.393 e. The Kier molecular flexibility index (Phi) is 6.83. The SMILES string of the molecule is CCN(CCCCC(N)=S)Cc1cccc(C)n1. The summed E-state index contributed by atoms with van der Waals surface area (Å²) in [4.78, 5) is 7.56. The van der Waals surface area contributed by atoms with Crippen LogP contribution in [0.5, 0.6) is 0 Å². The number of aromatic nitrogens is 1. The molecule has 2 N–H and O–H groups in total. The van der Waals surface area contributed by atoms with E-state index in [9.17, 15) is 0 Å². The van der Waals surface area contributed by atoms with E-state index < -0.39 is 0 Å². The largest absolute Gasteiger partial charge is 0.393 e. The first kappa shape index (κ1) is 15.1. The third-order valence-corrected chi connectivity index (χ3v) is 3.13. The van der Waals surface area contributed by atoms with Crippen LogP contribution in [0.15, 0.2) is 18.2 Å². The summed E-state index contributed by atoms with van der Waals surface area (Å²) in [5, 5.41) is 0. The number of nitrogens with two attached hydrogens (primary N) is 1. The fourth-order valence-electron chi connectivity index (χ4n) is 1.90. The van der Waals surface area contributed by atoms with Crippen molar-refractivity contribution in [2.24, 2.45) is 5.73 Å². The molecule has 4 heteroatoms. The van der Waals surface area contributed by atoms with Crippen molar-refractivity contribution in [3.63, 3.8) is 0 Å². The van der Waals surface area contributed by atoms with Gasteiger partial charge in [0.2, 0.25) is 0 Å². The molecule has 0 atom stereocenters. The normalized spacial score (nSPS) is 10.8. The van der Waals surface area contributed by atoms with E-state index in [-0.39, 0.29) is 0 Å². The average Bonchev–Trinajstić information content (AvgIpc) is 2.33. The van der Waals surface area contributed by atoms with Gasteiger partial charge in [-0.3, -0.25) is 9.88 Å². The maximum absolute atomic E-state index is 5.49.